The minimum absolute atomic E-state index is 0.0212. The number of rotatable bonds is 10. The predicted molar refractivity (Wildman–Crippen MR) is 149 cm³/mol. The number of anilines is 2. The fraction of sp³-hybridized carbons (Fsp3) is 0.423. The lowest BCUT2D eigenvalue weighted by Gasteiger charge is -2.27. The zero-order valence-electron chi connectivity index (χ0n) is 22.1. The summed E-state index contributed by atoms with van der Waals surface area (Å²) < 4.78 is 11.1. The molecule has 214 valence electrons. The van der Waals surface area contributed by atoms with Crippen LogP contribution in [0.3, 0.4) is 0 Å². The molecule has 1 atom stereocenters. The van der Waals surface area contributed by atoms with E-state index < -0.39 is 24.0 Å². The molecule has 3 heterocycles. The van der Waals surface area contributed by atoms with Gasteiger partial charge in [-0.25, -0.2) is 4.79 Å². The van der Waals surface area contributed by atoms with Crippen LogP contribution in [0.1, 0.15) is 16.1 Å². The molecule has 0 aliphatic carbocycles. The Morgan fingerprint density at radius 1 is 1.07 bits per heavy atom. The van der Waals surface area contributed by atoms with E-state index in [0.717, 1.165) is 16.2 Å². The van der Waals surface area contributed by atoms with Gasteiger partial charge in [0.25, 0.3) is 11.8 Å². The maximum Gasteiger partial charge on any atom is 0.414 e. The van der Waals surface area contributed by atoms with Gasteiger partial charge in [-0.15, -0.1) is 11.3 Å². The molecule has 12 nitrogen and oxygen atoms in total. The predicted octanol–water partition coefficient (Wildman–Crippen LogP) is 1.83. The molecule has 2 fully saturated rings. The Bertz CT molecular complexity index is 1270. The summed E-state index contributed by atoms with van der Waals surface area (Å²) in [4.78, 5) is 69.3. The maximum atomic E-state index is 13.3. The summed E-state index contributed by atoms with van der Waals surface area (Å²) in [5.74, 6) is -1.60. The number of nitrogens with zero attached hydrogens (tertiary/aromatic N) is 4. The van der Waals surface area contributed by atoms with Gasteiger partial charge in [0.1, 0.15) is 12.7 Å². The Balaban J connectivity index is 1.46. The molecule has 40 heavy (non-hydrogen) atoms. The number of amides is 5. The topological polar surface area (TPSA) is 129 Å². The van der Waals surface area contributed by atoms with Crippen molar-refractivity contribution in [3.05, 3.63) is 45.6 Å². The molecule has 0 bridgehead atoms. The Morgan fingerprint density at radius 3 is 2.40 bits per heavy atom. The van der Waals surface area contributed by atoms with E-state index in [9.17, 15) is 24.0 Å². The first-order chi connectivity index (χ1) is 19.2. The van der Waals surface area contributed by atoms with E-state index in [1.807, 2.05) is 0 Å². The van der Waals surface area contributed by atoms with Gasteiger partial charge < -0.3 is 24.6 Å². The van der Waals surface area contributed by atoms with E-state index >= 15 is 0 Å². The van der Waals surface area contributed by atoms with Crippen LogP contribution in [0.2, 0.25) is 4.34 Å². The highest BCUT2D eigenvalue weighted by Gasteiger charge is 2.37. The molecule has 2 aromatic rings. The second-order valence-electron chi connectivity index (χ2n) is 9.25. The fourth-order valence-corrected chi connectivity index (χ4v) is 5.29. The number of likely N-dealkylation sites (N-methyl/N-ethyl adjacent to an activating group) is 1. The zero-order valence-corrected chi connectivity index (χ0v) is 23.7. The minimum Gasteiger partial charge on any atom is -0.442 e. The Hall–Kier alpha value is -3.52. The average molecular weight is 592 g/mol. The molecule has 1 unspecified atom stereocenters. The highest BCUT2D eigenvalue weighted by molar-refractivity contribution is 7.18. The lowest BCUT2D eigenvalue weighted by molar-refractivity contribution is -0.138. The molecule has 1 aromatic carbocycles. The largest absolute Gasteiger partial charge is 0.442 e. The number of hydrogen-bond donors (Lipinski definition) is 1. The number of halogens is 1. The molecule has 0 saturated carbocycles. The average Bonchev–Trinajstić information content (AvgIpc) is 3.55. The van der Waals surface area contributed by atoms with Crippen molar-refractivity contribution in [2.75, 3.05) is 69.8 Å². The van der Waals surface area contributed by atoms with Crippen molar-refractivity contribution in [2.24, 2.45) is 0 Å². The molecule has 14 heteroatoms. The van der Waals surface area contributed by atoms with Crippen molar-refractivity contribution in [3.8, 4) is 0 Å². The van der Waals surface area contributed by atoms with Crippen LogP contribution in [0.4, 0.5) is 16.2 Å². The van der Waals surface area contributed by atoms with Crippen LogP contribution in [0.15, 0.2) is 36.4 Å². The summed E-state index contributed by atoms with van der Waals surface area (Å²) in [5, 5.41) is 2.88. The van der Waals surface area contributed by atoms with Gasteiger partial charge in [-0.3, -0.25) is 29.0 Å². The normalized spacial score (nSPS) is 17.1. The maximum absolute atomic E-state index is 13.3. The number of cyclic esters (lactones) is 1. The second-order valence-corrected chi connectivity index (χ2v) is 11.0. The fourth-order valence-electron chi connectivity index (χ4n) is 4.29. The van der Waals surface area contributed by atoms with E-state index in [-0.39, 0.29) is 49.4 Å². The van der Waals surface area contributed by atoms with Crippen molar-refractivity contribution in [1.82, 2.24) is 15.1 Å². The summed E-state index contributed by atoms with van der Waals surface area (Å²) in [6.07, 6.45) is -1.23. The minimum atomic E-state index is -0.804. The van der Waals surface area contributed by atoms with Crippen molar-refractivity contribution in [1.29, 1.82) is 0 Å². The summed E-state index contributed by atoms with van der Waals surface area (Å²) in [6.45, 7) is 0.926. The van der Waals surface area contributed by atoms with Crippen molar-refractivity contribution in [2.45, 2.75) is 12.5 Å². The Kier molecular flexibility index (Phi) is 9.74. The van der Waals surface area contributed by atoms with E-state index in [1.165, 1.54) is 22.9 Å². The molecular formula is C26H30ClN5O7S. The third-order valence-electron chi connectivity index (χ3n) is 6.44. The molecular weight excluding hydrogens is 562 g/mol. The van der Waals surface area contributed by atoms with Crippen molar-refractivity contribution in [3.63, 3.8) is 0 Å². The molecule has 0 radical (unpaired) electrons. The van der Waals surface area contributed by atoms with Crippen molar-refractivity contribution >= 4 is 64.0 Å². The SMILES string of the molecule is CNCCC(=O)N(C)CC(=O)N(CC1CN(c2ccc(N3CCOCC3=O)cc2)C(=O)O1)C(=O)c1ccc(Cl)s1. The van der Waals surface area contributed by atoms with Crippen LogP contribution < -0.4 is 15.1 Å². The van der Waals surface area contributed by atoms with Crippen LogP contribution in [-0.4, -0.2) is 106 Å². The number of hydrogen-bond acceptors (Lipinski definition) is 9. The molecule has 5 amide bonds. The van der Waals surface area contributed by atoms with Gasteiger partial charge >= 0.3 is 6.09 Å². The van der Waals surface area contributed by atoms with Crippen LogP contribution in [-0.2, 0) is 23.9 Å². The monoisotopic (exact) mass is 591 g/mol. The molecule has 2 saturated heterocycles. The molecule has 4 rings (SSSR count). The van der Waals surface area contributed by atoms with Gasteiger partial charge in [0.15, 0.2) is 0 Å². The first kappa shape index (κ1) is 29.5. The lowest BCUT2D eigenvalue weighted by Crippen LogP contribution is -2.47. The highest BCUT2D eigenvalue weighted by Crippen LogP contribution is 2.27. The van der Waals surface area contributed by atoms with Crippen LogP contribution in [0.5, 0.6) is 0 Å². The molecule has 2 aliphatic rings. The van der Waals surface area contributed by atoms with Gasteiger partial charge in [0.05, 0.1) is 35.5 Å². The summed E-state index contributed by atoms with van der Waals surface area (Å²) in [7, 11) is 3.21. The molecule has 2 aliphatic heterocycles. The van der Waals surface area contributed by atoms with Crippen LogP contribution in [0, 0.1) is 0 Å². The summed E-state index contributed by atoms with van der Waals surface area (Å²) in [5.41, 5.74) is 1.23. The van der Waals surface area contributed by atoms with E-state index in [0.29, 0.717) is 35.4 Å². The van der Waals surface area contributed by atoms with Gasteiger partial charge in [-0.1, -0.05) is 11.6 Å². The number of benzene rings is 1. The smallest absolute Gasteiger partial charge is 0.414 e. The number of nitrogens with one attached hydrogen (secondary N) is 1. The van der Waals surface area contributed by atoms with Gasteiger partial charge in [0, 0.05) is 37.9 Å². The standard InChI is InChI=1S/C26H30ClN5O7S/c1-28-10-9-22(33)29(2)15-23(34)32(25(36)20-7-8-21(27)40-20)14-19-13-31(26(37)39-19)18-5-3-17(4-6-18)30-11-12-38-16-24(30)35/h3-8,19,28H,9-16H2,1-2H3. The molecule has 1 aromatic heterocycles. The van der Waals surface area contributed by atoms with Crippen LogP contribution in [0.25, 0.3) is 0 Å². The Labute approximate surface area is 240 Å². The zero-order chi connectivity index (χ0) is 28.8. The van der Waals surface area contributed by atoms with E-state index in [1.54, 1.807) is 42.3 Å². The number of thiophene rings is 1. The number of morpholine rings is 1. The number of carbonyl (C=O) groups excluding carboxylic acids is 5. The highest BCUT2D eigenvalue weighted by atomic mass is 35.5. The van der Waals surface area contributed by atoms with Crippen molar-refractivity contribution < 1.29 is 33.4 Å². The number of carbonyl (C=O) groups is 5. The summed E-state index contributed by atoms with van der Waals surface area (Å²) >= 11 is 7.03. The first-order valence-electron chi connectivity index (χ1n) is 12.6. The van der Waals surface area contributed by atoms with Gasteiger partial charge in [-0.05, 0) is 43.4 Å². The lowest BCUT2D eigenvalue weighted by atomic mass is 10.2. The van der Waals surface area contributed by atoms with E-state index in [2.05, 4.69) is 5.32 Å². The first-order valence-corrected chi connectivity index (χ1v) is 13.8. The van der Waals surface area contributed by atoms with E-state index in [4.69, 9.17) is 21.1 Å². The van der Waals surface area contributed by atoms with Crippen LogP contribution >= 0.6 is 22.9 Å². The third-order valence-corrected chi connectivity index (χ3v) is 7.66. The molecule has 0 spiro atoms. The van der Waals surface area contributed by atoms with Gasteiger partial charge in [0.2, 0.25) is 11.8 Å². The summed E-state index contributed by atoms with van der Waals surface area (Å²) in [6, 6.07) is 9.95. The molecule has 1 N–H and O–H groups in total. The second kappa shape index (κ2) is 13.2. The Morgan fingerprint density at radius 2 is 1.77 bits per heavy atom. The van der Waals surface area contributed by atoms with Gasteiger partial charge in [-0.2, -0.15) is 0 Å². The number of ether oxygens (including phenoxy) is 2. The quantitative estimate of drug-likeness (QED) is 0.443. The third kappa shape index (κ3) is 6.97. The number of imide groups is 1.